The SMILES string of the molecule is CCCCCCCCCCCC(C)CCC(=O)OC(CC(=O)[O-])C[N+](C)(C)C. The van der Waals surface area contributed by atoms with Gasteiger partial charge in [0.15, 0.2) is 6.10 Å². The van der Waals surface area contributed by atoms with E-state index in [0.717, 1.165) is 12.8 Å². The number of rotatable bonds is 18. The second-order valence-electron chi connectivity index (χ2n) is 9.42. The molecule has 0 aromatic heterocycles. The van der Waals surface area contributed by atoms with Crippen LogP contribution in [0.25, 0.3) is 0 Å². The van der Waals surface area contributed by atoms with Crippen LogP contribution in [0.2, 0.25) is 0 Å². The van der Waals surface area contributed by atoms with E-state index in [0.29, 0.717) is 23.4 Å². The molecule has 0 radical (unpaired) electrons. The summed E-state index contributed by atoms with van der Waals surface area (Å²) >= 11 is 0. The Morgan fingerprint density at radius 3 is 1.93 bits per heavy atom. The van der Waals surface area contributed by atoms with Crippen molar-refractivity contribution in [2.24, 2.45) is 5.92 Å². The minimum atomic E-state index is -1.18. The Morgan fingerprint density at radius 2 is 1.43 bits per heavy atom. The molecule has 166 valence electrons. The molecule has 2 atom stereocenters. The van der Waals surface area contributed by atoms with Gasteiger partial charge in [0.05, 0.1) is 21.1 Å². The zero-order chi connectivity index (χ0) is 21.4. The molecule has 0 spiro atoms. The largest absolute Gasteiger partial charge is 0.550 e. The Morgan fingerprint density at radius 1 is 0.893 bits per heavy atom. The summed E-state index contributed by atoms with van der Waals surface area (Å²) in [7, 11) is 5.84. The van der Waals surface area contributed by atoms with Gasteiger partial charge in [0.1, 0.15) is 6.54 Å². The molecule has 28 heavy (non-hydrogen) atoms. The molecular weight excluding hydrogens is 354 g/mol. The minimum Gasteiger partial charge on any atom is -0.550 e. The summed E-state index contributed by atoms with van der Waals surface area (Å²) < 4.78 is 5.95. The first-order valence-corrected chi connectivity index (χ1v) is 11.3. The van der Waals surface area contributed by atoms with Gasteiger partial charge in [0, 0.05) is 18.8 Å². The molecule has 0 bridgehead atoms. The molecule has 0 saturated carbocycles. The number of ether oxygens (including phenoxy) is 1. The van der Waals surface area contributed by atoms with E-state index in [9.17, 15) is 14.7 Å². The fourth-order valence-electron chi connectivity index (χ4n) is 3.50. The maximum Gasteiger partial charge on any atom is 0.306 e. The van der Waals surface area contributed by atoms with Crippen LogP contribution < -0.4 is 5.11 Å². The van der Waals surface area contributed by atoms with Crippen molar-refractivity contribution in [3.8, 4) is 0 Å². The number of esters is 1. The summed E-state index contributed by atoms with van der Waals surface area (Å²) in [6.45, 7) is 4.90. The predicted molar refractivity (Wildman–Crippen MR) is 113 cm³/mol. The van der Waals surface area contributed by atoms with Crippen molar-refractivity contribution in [1.29, 1.82) is 0 Å². The second kappa shape index (κ2) is 15.8. The van der Waals surface area contributed by atoms with Gasteiger partial charge >= 0.3 is 5.97 Å². The number of carbonyl (C=O) groups excluding carboxylic acids is 2. The van der Waals surface area contributed by atoms with E-state index >= 15 is 0 Å². The average Bonchev–Trinajstić information content (AvgIpc) is 2.56. The Hall–Kier alpha value is -1.10. The summed E-state index contributed by atoms with van der Waals surface area (Å²) in [5, 5.41) is 10.9. The zero-order valence-electron chi connectivity index (χ0n) is 19.1. The molecule has 0 aliphatic rings. The van der Waals surface area contributed by atoms with Crippen molar-refractivity contribution in [2.45, 2.75) is 103 Å². The van der Waals surface area contributed by atoms with Gasteiger partial charge in [-0.15, -0.1) is 0 Å². The number of quaternary nitrogens is 1. The highest BCUT2D eigenvalue weighted by atomic mass is 16.5. The molecule has 0 fully saturated rings. The Kier molecular flexibility index (Phi) is 15.2. The fourth-order valence-corrected chi connectivity index (χ4v) is 3.50. The summed E-state index contributed by atoms with van der Waals surface area (Å²) in [4.78, 5) is 23.0. The smallest absolute Gasteiger partial charge is 0.306 e. The third-order valence-electron chi connectivity index (χ3n) is 5.09. The molecule has 5 nitrogen and oxygen atoms in total. The molecule has 5 heteroatoms. The van der Waals surface area contributed by atoms with Gasteiger partial charge in [-0.05, 0) is 12.3 Å². The summed E-state index contributed by atoms with van der Waals surface area (Å²) in [6, 6.07) is 0. The molecule has 0 aromatic carbocycles. The van der Waals surface area contributed by atoms with E-state index in [2.05, 4.69) is 13.8 Å². The second-order valence-corrected chi connectivity index (χ2v) is 9.42. The Bertz CT molecular complexity index is 417. The molecule has 0 N–H and O–H groups in total. The van der Waals surface area contributed by atoms with E-state index in [1.54, 1.807) is 0 Å². The quantitative estimate of drug-likeness (QED) is 0.198. The topological polar surface area (TPSA) is 66.4 Å². The van der Waals surface area contributed by atoms with E-state index in [1.165, 1.54) is 57.8 Å². The summed E-state index contributed by atoms with van der Waals surface area (Å²) in [5.41, 5.74) is 0. The number of carboxylic acid groups (broad SMARTS) is 1. The van der Waals surface area contributed by atoms with Crippen molar-refractivity contribution in [3.05, 3.63) is 0 Å². The third-order valence-corrected chi connectivity index (χ3v) is 5.09. The molecule has 0 amide bonds. The van der Waals surface area contributed by atoms with Crippen molar-refractivity contribution in [3.63, 3.8) is 0 Å². The van der Waals surface area contributed by atoms with Crippen LogP contribution >= 0.6 is 0 Å². The molecule has 0 aliphatic carbocycles. The van der Waals surface area contributed by atoms with Crippen LogP contribution in [0, 0.1) is 5.92 Å². The van der Waals surface area contributed by atoms with Gasteiger partial charge in [0.25, 0.3) is 0 Å². The lowest BCUT2D eigenvalue weighted by molar-refractivity contribution is -0.873. The average molecular weight is 400 g/mol. The van der Waals surface area contributed by atoms with Crippen LogP contribution in [-0.2, 0) is 14.3 Å². The van der Waals surface area contributed by atoms with E-state index in [1.807, 2.05) is 21.1 Å². The number of unbranched alkanes of at least 4 members (excludes halogenated alkanes) is 8. The highest BCUT2D eigenvalue weighted by molar-refractivity contribution is 5.70. The van der Waals surface area contributed by atoms with Crippen molar-refractivity contribution in [1.82, 2.24) is 0 Å². The Labute approximate surface area is 173 Å². The molecule has 0 heterocycles. The van der Waals surface area contributed by atoms with Crippen LogP contribution in [-0.4, -0.2) is 50.2 Å². The normalized spacial score (nSPS) is 13.9. The number of carboxylic acids is 1. The summed E-state index contributed by atoms with van der Waals surface area (Å²) in [5.74, 6) is -0.973. The number of aliphatic carboxylic acids is 1. The highest BCUT2D eigenvalue weighted by Crippen LogP contribution is 2.17. The monoisotopic (exact) mass is 399 g/mol. The number of hydrogen-bond acceptors (Lipinski definition) is 4. The highest BCUT2D eigenvalue weighted by Gasteiger charge is 2.22. The third kappa shape index (κ3) is 18.3. The van der Waals surface area contributed by atoms with E-state index in [-0.39, 0.29) is 12.4 Å². The zero-order valence-corrected chi connectivity index (χ0v) is 19.1. The van der Waals surface area contributed by atoms with Gasteiger partial charge in [-0.1, -0.05) is 78.1 Å². The molecule has 0 saturated heterocycles. The van der Waals surface area contributed by atoms with Gasteiger partial charge in [-0.2, -0.15) is 0 Å². The molecule has 0 aliphatic heterocycles. The number of nitrogens with zero attached hydrogens (tertiary/aromatic N) is 1. The first-order chi connectivity index (χ1) is 13.1. The van der Waals surface area contributed by atoms with Crippen molar-refractivity contribution >= 4 is 11.9 Å². The first-order valence-electron chi connectivity index (χ1n) is 11.3. The lowest BCUT2D eigenvalue weighted by atomic mass is 9.97. The standard InChI is InChI=1S/C23H45NO4/c1-6-7-8-9-10-11-12-13-14-15-20(2)16-17-23(27)28-21(18-22(25)26)19-24(3,4)5/h20-21H,6-19H2,1-5H3. The Balaban J connectivity index is 3.86. The van der Waals surface area contributed by atoms with Crippen LogP contribution in [0.15, 0.2) is 0 Å². The lowest BCUT2D eigenvalue weighted by Gasteiger charge is -2.29. The number of hydrogen-bond donors (Lipinski definition) is 0. The van der Waals surface area contributed by atoms with E-state index in [4.69, 9.17) is 4.74 Å². The first kappa shape index (κ1) is 26.9. The molecule has 0 aromatic rings. The molecular formula is C23H45NO4. The number of likely N-dealkylation sites (N-methyl/N-ethyl adjacent to an activating group) is 1. The maximum absolute atomic E-state index is 12.1. The van der Waals surface area contributed by atoms with Gasteiger partial charge in [0.2, 0.25) is 0 Å². The van der Waals surface area contributed by atoms with Gasteiger partial charge in [-0.25, -0.2) is 0 Å². The molecule has 2 unspecified atom stereocenters. The van der Waals surface area contributed by atoms with Crippen LogP contribution in [0.4, 0.5) is 0 Å². The number of carbonyl (C=O) groups is 2. The van der Waals surface area contributed by atoms with Crippen LogP contribution in [0.5, 0.6) is 0 Å². The van der Waals surface area contributed by atoms with Gasteiger partial charge < -0.3 is 19.1 Å². The molecule has 0 rings (SSSR count). The fraction of sp³-hybridized carbons (Fsp3) is 0.913. The van der Waals surface area contributed by atoms with Crippen molar-refractivity contribution < 1.29 is 23.9 Å². The maximum atomic E-state index is 12.1. The van der Waals surface area contributed by atoms with Crippen molar-refractivity contribution in [2.75, 3.05) is 27.7 Å². The van der Waals surface area contributed by atoms with E-state index < -0.39 is 12.1 Å². The van der Waals surface area contributed by atoms with Crippen LogP contribution in [0.1, 0.15) is 97.3 Å². The van der Waals surface area contributed by atoms with Crippen LogP contribution in [0.3, 0.4) is 0 Å². The van der Waals surface area contributed by atoms with Gasteiger partial charge in [-0.3, -0.25) is 4.79 Å². The predicted octanol–water partition coefficient (Wildman–Crippen LogP) is 4.08. The lowest BCUT2D eigenvalue weighted by Crippen LogP contribution is -2.45. The minimum absolute atomic E-state index is 0.241. The summed E-state index contributed by atoms with van der Waals surface area (Å²) in [6.07, 6.45) is 13.4.